The van der Waals surface area contributed by atoms with Crippen molar-refractivity contribution in [2.24, 2.45) is 0 Å². The molecule has 35 heavy (non-hydrogen) atoms. The average Bonchev–Trinajstić information content (AvgIpc) is 2.88. The number of aliphatic hydroxyl groups excluding tert-OH is 1. The van der Waals surface area contributed by atoms with Crippen LogP contribution in [-0.2, 0) is 17.3 Å². The Morgan fingerprint density at radius 1 is 0.743 bits per heavy atom. The van der Waals surface area contributed by atoms with Gasteiger partial charge in [-0.05, 0) is 59.4 Å². The fraction of sp³-hybridized carbons (Fsp3) is 0.375. The lowest BCUT2D eigenvalue weighted by molar-refractivity contribution is 0.301. The highest BCUT2D eigenvalue weighted by molar-refractivity contribution is 6.32. The topological polar surface area (TPSA) is 29.5 Å². The maximum absolute atomic E-state index is 8.90. The minimum atomic E-state index is -0.726. The molecule has 0 aliphatic heterocycles. The zero-order valence-corrected chi connectivity index (χ0v) is 22.9. The largest absolute Gasteiger partial charge is 0.423 e. The summed E-state index contributed by atoms with van der Waals surface area (Å²) >= 11 is 0. The van der Waals surface area contributed by atoms with E-state index in [2.05, 4.69) is 105 Å². The summed E-state index contributed by atoms with van der Waals surface area (Å²) < 4.78 is 6.39. The van der Waals surface area contributed by atoms with Gasteiger partial charge in [0.25, 0.3) is 0 Å². The number of hydrogen-bond donors (Lipinski definition) is 1. The Balaban J connectivity index is 1.44. The van der Waals surface area contributed by atoms with Crippen LogP contribution in [0.4, 0.5) is 0 Å². The number of aryl methyl sites for hydroxylation is 2. The number of hydrogen-bond acceptors (Lipinski definition) is 2. The molecule has 0 amide bonds. The molecule has 0 atom stereocenters. The maximum atomic E-state index is 8.90. The molecule has 3 rings (SSSR count). The van der Waals surface area contributed by atoms with E-state index in [4.69, 9.17) is 9.53 Å². The van der Waals surface area contributed by atoms with E-state index in [0.717, 1.165) is 32.3 Å². The van der Waals surface area contributed by atoms with Gasteiger partial charge in [0.1, 0.15) is 0 Å². The van der Waals surface area contributed by atoms with Gasteiger partial charge in [-0.2, -0.15) is 0 Å². The molecule has 0 spiro atoms. The minimum absolute atomic E-state index is 0.128. The first kappa shape index (κ1) is 27.1. The maximum Gasteiger partial charge on any atom is 0.168 e. The SMILES string of the molecule is CC(C)([SiH2]OCCCCCc1ccccc1CC/C=C/CO)C(c1ccccc1)c1ccccc1. The first-order chi connectivity index (χ1) is 17.1. The van der Waals surface area contributed by atoms with Crippen LogP contribution in [-0.4, -0.2) is 28.1 Å². The van der Waals surface area contributed by atoms with Gasteiger partial charge in [-0.1, -0.05) is 117 Å². The van der Waals surface area contributed by atoms with Crippen molar-refractivity contribution in [1.29, 1.82) is 0 Å². The molecule has 186 valence electrons. The molecule has 0 bridgehead atoms. The van der Waals surface area contributed by atoms with Crippen molar-refractivity contribution in [3.63, 3.8) is 0 Å². The van der Waals surface area contributed by atoms with E-state index in [9.17, 15) is 0 Å². The second-order valence-electron chi connectivity index (χ2n) is 10.1. The highest BCUT2D eigenvalue weighted by Gasteiger charge is 2.33. The van der Waals surface area contributed by atoms with Gasteiger partial charge in [0.2, 0.25) is 0 Å². The van der Waals surface area contributed by atoms with Gasteiger partial charge in [0.15, 0.2) is 9.76 Å². The Labute approximate surface area is 215 Å². The summed E-state index contributed by atoms with van der Waals surface area (Å²) in [4.78, 5) is 0. The van der Waals surface area contributed by atoms with Crippen LogP contribution in [0.2, 0.25) is 5.04 Å². The molecule has 0 unspecified atom stereocenters. The van der Waals surface area contributed by atoms with Gasteiger partial charge in [-0.15, -0.1) is 0 Å². The number of aliphatic hydroxyl groups is 1. The zero-order valence-electron chi connectivity index (χ0n) is 21.5. The van der Waals surface area contributed by atoms with E-state index in [-0.39, 0.29) is 11.6 Å². The Bertz CT molecular complexity index is 959. The van der Waals surface area contributed by atoms with E-state index in [0.29, 0.717) is 5.92 Å². The van der Waals surface area contributed by atoms with Crippen molar-refractivity contribution in [1.82, 2.24) is 0 Å². The van der Waals surface area contributed by atoms with Crippen LogP contribution < -0.4 is 0 Å². The third-order valence-electron chi connectivity index (χ3n) is 6.73. The van der Waals surface area contributed by atoms with Crippen molar-refractivity contribution < 1.29 is 9.53 Å². The van der Waals surface area contributed by atoms with Crippen LogP contribution in [0.25, 0.3) is 0 Å². The number of rotatable bonds is 15. The lowest BCUT2D eigenvalue weighted by Gasteiger charge is -2.34. The molecule has 0 aliphatic carbocycles. The highest BCUT2D eigenvalue weighted by Crippen LogP contribution is 2.45. The van der Waals surface area contributed by atoms with Crippen LogP contribution in [0.3, 0.4) is 0 Å². The summed E-state index contributed by atoms with van der Waals surface area (Å²) in [6.07, 6.45) is 10.6. The van der Waals surface area contributed by atoms with E-state index in [1.165, 1.54) is 35.1 Å². The summed E-state index contributed by atoms with van der Waals surface area (Å²) in [5.74, 6) is 0.361. The molecule has 0 saturated carbocycles. The molecule has 0 radical (unpaired) electrons. The molecule has 0 heterocycles. The van der Waals surface area contributed by atoms with E-state index in [1.807, 2.05) is 6.08 Å². The Morgan fingerprint density at radius 3 is 1.91 bits per heavy atom. The second-order valence-corrected chi connectivity index (χ2v) is 12.6. The monoisotopic (exact) mass is 486 g/mol. The smallest absolute Gasteiger partial charge is 0.168 e. The molecule has 3 aromatic rings. The van der Waals surface area contributed by atoms with Gasteiger partial charge in [-0.25, -0.2) is 0 Å². The van der Waals surface area contributed by atoms with Crippen molar-refractivity contribution >= 4 is 9.76 Å². The molecule has 1 N–H and O–H groups in total. The van der Waals surface area contributed by atoms with Crippen LogP contribution >= 0.6 is 0 Å². The van der Waals surface area contributed by atoms with Crippen LogP contribution in [0.15, 0.2) is 97.1 Å². The van der Waals surface area contributed by atoms with Gasteiger partial charge >= 0.3 is 0 Å². The zero-order chi connectivity index (χ0) is 24.8. The molecule has 0 aromatic heterocycles. The summed E-state index contributed by atoms with van der Waals surface area (Å²) in [5.41, 5.74) is 5.67. The summed E-state index contributed by atoms with van der Waals surface area (Å²) in [7, 11) is -0.726. The lowest BCUT2D eigenvalue weighted by atomic mass is 9.82. The fourth-order valence-corrected chi connectivity index (χ4v) is 6.49. The Kier molecular flexibility index (Phi) is 11.5. The molecule has 3 heteroatoms. The lowest BCUT2D eigenvalue weighted by Crippen LogP contribution is -2.25. The number of benzene rings is 3. The van der Waals surface area contributed by atoms with Gasteiger partial charge < -0.3 is 9.53 Å². The van der Waals surface area contributed by atoms with E-state index in [1.54, 1.807) is 0 Å². The summed E-state index contributed by atoms with van der Waals surface area (Å²) in [6.45, 7) is 5.77. The Morgan fingerprint density at radius 2 is 1.31 bits per heavy atom. The quantitative estimate of drug-likeness (QED) is 0.142. The van der Waals surface area contributed by atoms with Crippen molar-refractivity contribution in [3.05, 3.63) is 119 Å². The Hall–Kier alpha value is -2.46. The average molecular weight is 487 g/mol. The third kappa shape index (κ3) is 8.92. The van der Waals surface area contributed by atoms with E-state index < -0.39 is 9.76 Å². The summed E-state index contributed by atoms with van der Waals surface area (Å²) in [6, 6.07) is 30.6. The normalized spacial score (nSPS) is 12.3. The molecule has 3 aromatic carbocycles. The number of allylic oxidation sites excluding steroid dienone is 1. The molecular formula is C32H42O2Si. The molecule has 0 aliphatic rings. The van der Waals surface area contributed by atoms with Crippen LogP contribution in [0.1, 0.15) is 67.7 Å². The standard InChI is InChI=1S/C32H42O2Si/c1-32(2,31(29-21-7-3-8-22-29)30-23-9-4-10-24-30)35-34-26-16-6-12-18-28-20-14-13-19-27(28)17-11-5-15-25-33/h3-5,7-10,13-15,19-24,31,33H,6,11-12,16-18,25-26,35H2,1-2H3/b15-5+. The predicted molar refractivity (Wildman–Crippen MR) is 152 cm³/mol. The highest BCUT2D eigenvalue weighted by atomic mass is 28.2. The van der Waals surface area contributed by atoms with Gasteiger partial charge in [0, 0.05) is 12.5 Å². The molecule has 2 nitrogen and oxygen atoms in total. The fourth-order valence-electron chi connectivity index (χ4n) is 4.98. The van der Waals surface area contributed by atoms with E-state index >= 15 is 0 Å². The van der Waals surface area contributed by atoms with Crippen molar-refractivity contribution in [2.75, 3.05) is 13.2 Å². The third-order valence-corrected chi connectivity index (χ3v) is 8.37. The number of unbranched alkanes of at least 4 members (excludes halogenated alkanes) is 2. The van der Waals surface area contributed by atoms with Crippen molar-refractivity contribution in [3.8, 4) is 0 Å². The summed E-state index contributed by atoms with van der Waals surface area (Å²) in [5, 5.41) is 9.04. The second kappa shape index (κ2) is 14.8. The van der Waals surface area contributed by atoms with Gasteiger partial charge in [0.05, 0.1) is 6.61 Å². The van der Waals surface area contributed by atoms with Crippen LogP contribution in [0, 0.1) is 0 Å². The molecule has 0 fully saturated rings. The van der Waals surface area contributed by atoms with Gasteiger partial charge in [-0.3, -0.25) is 0 Å². The van der Waals surface area contributed by atoms with Crippen LogP contribution in [0.5, 0.6) is 0 Å². The molecular weight excluding hydrogens is 444 g/mol. The minimum Gasteiger partial charge on any atom is -0.423 e. The van der Waals surface area contributed by atoms with Crippen molar-refractivity contribution in [2.45, 2.75) is 63.3 Å². The first-order valence-electron chi connectivity index (χ1n) is 13.1. The first-order valence-corrected chi connectivity index (χ1v) is 14.4. The predicted octanol–water partition coefficient (Wildman–Crippen LogP) is 7.01. The molecule has 0 saturated heterocycles.